The Morgan fingerprint density at radius 2 is 1.93 bits per heavy atom. The summed E-state index contributed by atoms with van der Waals surface area (Å²) in [5.74, 6) is 2.14. The quantitative estimate of drug-likeness (QED) is 0.560. The minimum Gasteiger partial charge on any atom is -0.497 e. The number of carbonyl (C=O) groups excluding carboxylic acids is 1. The summed E-state index contributed by atoms with van der Waals surface area (Å²) in [6.07, 6.45) is 0. The first kappa shape index (κ1) is 21.2. The predicted molar refractivity (Wildman–Crippen MR) is 119 cm³/mol. The number of hydrogen-bond donors (Lipinski definition) is 2. The zero-order valence-corrected chi connectivity index (χ0v) is 18.1. The van der Waals surface area contributed by atoms with E-state index in [1.54, 1.807) is 18.9 Å². The van der Waals surface area contributed by atoms with Crippen molar-refractivity contribution in [3.8, 4) is 5.75 Å². The molecule has 1 heterocycles. The fourth-order valence-corrected chi connectivity index (χ4v) is 3.90. The van der Waals surface area contributed by atoms with Gasteiger partial charge >= 0.3 is 0 Å². The van der Waals surface area contributed by atoms with Crippen molar-refractivity contribution in [3.05, 3.63) is 59.9 Å². The summed E-state index contributed by atoms with van der Waals surface area (Å²) in [5.41, 5.74) is 3.11. The molecule has 2 unspecified atom stereocenters. The Bertz CT molecular complexity index is 906. The number of likely N-dealkylation sites (N-methyl/N-ethyl adjacent to an activating group) is 1. The molecule has 3 aromatic rings. The van der Waals surface area contributed by atoms with Gasteiger partial charge in [-0.2, -0.15) is 0 Å². The minimum absolute atomic E-state index is 0.0262. The van der Waals surface area contributed by atoms with Crippen LogP contribution in [0.4, 0.5) is 0 Å². The first-order chi connectivity index (χ1) is 14.0. The number of hydrogen-bond acceptors (Lipinski definition) is 5. The van der Waals surface area contributed by atoms with Crippen LogP contribution in [-0.4, -0.2) is 54.3 Å². The molecule has 0 aliphatic heterocycles. The minimum atomic E-state index is 0.0262. The molecule has 1 amide bonds. The van der Waals surface area contributed by atoms with E-state index in [4.69, 9.17) is 4.74 Å². The highest BCUT2D eigenvalue weighted by molar-refractivity contribution is 8.00. The van der Waals surface area contributed by atoms with E-state index >= 15 is 0 Å². The summed E-state index contributed by atoms with van der Waals surface area (Å²) >= 11 is 1.58. The van der Waals surface area contributed by atoms with Crippen LogP contribution in [0.3, 0.4) is 0 Å². The largest absolute Gasteiger partial charge is 0.497 e. The molecule has 0 spiro atoms. The van der Waals surface area contributed by atoms with Crippen molar-refractivity contribution >= 4 is 28.7 Å². The highest BCUT2D eigenvalue weighted by atomic mass is 32.2. The number of H-pyrrole nitrogens is 1. The first-order valence-electron chi connectivity index (χ1n) is 9.61. The van der Waals surface area contributed by atoms with Crippen LogP contribution in [0.1, 0.15) is 29.6 Å². The SMILES string of the molecule is COc1ccc(C(CNC(=O)CSC(C)c2nc3ccccc3[nH]2)N(C)C)cc1. The number of nitrogens with one attached hydrogen (secondary N) is 2. The molecule has 6 nitrogen and oxygen atoms in total. The van der Waals surface area contributed by atoms with E-state index in [9.17, 15) is 4.79 Å². The number of benzene rings is 2. The van der Waals surface area contributed by atoms with E-state index in [1.807, 2.05) is 62.6 Å². The van der Waals surface area contributed by atoms with Crippen LogP contribution in [0.15, 0.2) is 48.5 Å². The van der Waals surface area contributed by atoms with E-state index in [1.165, 1.54) is 0 Å². The summed E-state index contributed by atoms with van der Waals surface area (Å²) in [5, 5.41) is 3.17. The van der Waals surface area contributed by atoms with Gasteiger partial charge in [-0.15, -0.1) is 11.8 Å². The van der Waals surface area contributed by atoms with Crippen molar-refractivity contribution in [2.24, 2.45) is 0 Å². The monoisotopic (exact) mass is 412 g/mol. The number of methoxy groups -OCH3 is 1. The average Bonchev–Trinajstić information content (AvgIpc) is 3.17. The fraction of sp³-hybridized carbons (Fsp3) is 0.364. The molecule has 2 aromatic carbocycles. The molecule has 0 aliphatic carbocycles. The molecule has 0 saturated carbocycles. The standard InChI is InChI=1S/C22H28N4O2S/c1-15(22-24-18-7-5-6-8-19(18)25-22)29-14-21(27)23-13-20(26(2)3)16-9-11-17(28-4)12-10-16/h5-12,15,20H,13-14H2,1-4H3,(H,23,27)(H,24,25). The average molecular weight is 413 g/mol. The number of carbonyl (C=O) groups is 1. The van der Waals surface area contributed by atoms with Gasteiger partial charge in [0.2, 0.25) is 5.91 Å². The molecule has 2 atom stereocenters. The van der Waals surface area contributed by atoms with Gasteiger partial charge in [-0.05, 0) is 50.8 Å². The molecule has 0 radical (unpaired) electrons. The Balaban J connectivity index is 1.52. The predicted octanol–water partition coefficient (Wildman–Crippen LogP) is 3.78. The molecular formula is C22H28N4O2S. The third kappa shape index (κ3) is 5.52. The van der Waals surface area contributed by atoms with Gasteiger partial charge in [0.05, 0.1) is 35.2 Å². The number of para-hydroxylation sites is 2. The summed E-state index contributed by atoms with van der Waals surface area (Å²) in [7, 11) is 5.68. The number of rotatable bonds is 9. The molecule has 0 fully saturated rings. The number of ether oxygens (including phenoxy) is 1. The summed E-state index contributed by atoms with van der Waals surface area (Å²) in [6, 6.07) is 16.0. The smallest absolute Gasteiger partial charge is 0.230 e. The van der Waals surface area contributed by atoms with E-state index in [-0.39, 0.29) is 17.2 Å². The molecule has 154 valence electrons. The van der Waals surface area contributed by atoms with E-state index in [2.05, 4.69) is 27.1 Å². The fourth-order valence-electron chi connectivity index (χ4n) is 3.13. The second-order valence-corrected chi connectivity index (χ2v) is 8.48. The van der Waals surface area contributed by atoms with Gasteiger partial charge in [-0.25, -0.2) is 4.98 Å². The maximum absolute atomic E-state index is 12.4. The number of nitrogens with zero attached hydrogens (tertiary/aromatic N) is 2. The number of imidazole rings is 1. The number of aromatic nitrogens is 2. The Labute approximate surface area is 176 Å². The number of fused-ring (bicyclic) bond motifs is 1. The second kappa shape index (κ2) is 9.80. The van der Waals surface area contributed by atoms with Gasteiger partial charge in [0.15, 0.2) is 0 Å². The maximum atomic E-state index is 12.4. The van der Waals surface area contributed by atoms with Crippen LogP contribution in [0.5, 0.6) is 5.75 Å². The van der Waals surface area contributed by atoms with Crippen molar-refractivity contribution in [1.29, 1.82) is 0 Å². The van der Waals surface area contributed by atoms with E-state index in [0.29, 0.717) is 12.3 Å². The van der Waals surface area contributed by atoms with Crippen LogP contribution in [-0.2, 0) is 4.79 Å². The van der Waals surface area contributed by atoms with Crippen molar-refractivity contribution in [1.82, 2.24) is 20.2 Å². The Morgan fingerprint density at radius 3 is 2.59 bits per heavy atom. The molecular weight excluding hydrogens is 384 g/mol. The first-order valence-corrected chi connectivity index (χ1v) is 10.7. The zero-order chi connectivity index (χ0) is 20.8. The van der Waals surface area contributed by atoms with E-state index < -0.39 is 0 Å². The Hall–Kier alpha value is -2.51. The molecule has 0 aliphatic rings. The van der Waals surface area contributed by atoms with Crippen LogP contribution < -0.4 is 10.1 Å². The second-order valence-electron chi connectivity index (χ2n) is 7.15. The topological polar surface area (TPSA) is 70.2 Å². The molecule has 0 saturated heterocycles. The van der Waals surface area contributed by atoms with Gasteiger partial charge in [-0.1, -0.05) is 24.3 Å². The van der Waals surface area contributed by atoms with Gasteiger partial charge in [-0.3, -0.25) is 4.79 Å². The van der Waals surface area contributed by atoms with Crippen molar-refractivity contribution in [3.63, 3.8) is 0 Å². The molecule has 1 aromatic heterocycles. The lowest BCUT2D eigenvalue weighted by molar-refractivity contribution is -0.118. The normalized spacial score (nSPS) is 13.4. The lowest BCUT2D eigenvalue weighted by Gasteiger charge is -2.25. The van der Waals surface area contributed by atoms with Crippen molar-refractivity contribution < 1.29 is 9.53 Å². The third-order valence-corrected chi connectivity index (χ3v) is 6.03. The Morgan fingerprint density at radius 1 is 1.21 bits per heavy atom. The molecule has 29 heavy (non-hydrogen) atoms. The highest BCUT2D eigenvalue weighted by Crippen LogP contribution is 2.27. The molecule has 7 heteroatoms. The number of amides is 1. The van der Waals surface area contributed by atoms with Crippen LogP contribution in [0.2, 0.25) is 0 Å². The lowest BCUT2D eigenvalue weighted by atomic mass is 10.1. The highest BCUT2D eigenvalue weighted by Gasteiger charge is 2.17. The molecule has 0 bridgehead atoms. The van der Waals surface area contributed by atoms with Crippen molar-refractivity contribution in [2.45, 2.75) is 18.2 Å². The van der Waals surface area contributed by atoms with Crippen LogP contribution >= 0.6 is 11.8 Å². The van der Waals surface area contributed by atoms with Crippen LogP contribution in [0, 0.1) is 0 Å². The number of aromatic amines is 1. The van der Waals surface area contributed by atoms with Gasteiger partial charge in [0.1, 0.15) is 11.6 Å². The molecule has 2 N–H and O–H groups in total. The Kier molecular flexibility index (Phi) is 7.17. The van der Waals surface area contributed by atoms with E-state index in [0.717, 1.165) is 28.2 Å². The lowest BCUT2D eigenvalue weighted by Crippen LogP contribution is -2.35. The zero-order valence-electron chi connectivity index (χ0n) is 17.3. The third-order valence-electron chi connectivity index (χ3n) is 4.87. The summed E-state index contributed by atoms with van der Waals surface area (Å²) < 4.78 is 5.22. The number of thioether (sulfide) groups is 1. The van der Waals surface area contributed by atoms with Gasteiger partial charge < -0.3 is 19.9 Å². The maximum Gasteiger partial charge on any atom is 0.230 e. The summed E-state index contributed by atoms with van der Waals surface area (Å²) in [6.45, 7) is 2.62. The summed E-state index contributed by atoms with van der Waals surface area (Å²) in [4.78, 5) is 22.5. The van der Waals surface area contributed by atoms with Crippen LogP contribution in [0.25, 0.3) is 11.0 Å². The van der Waals surface area contributed by atoms with Gasteiger partial charge in [0.25, 0.3) is 0 Å². The van der Waals surface area contributed by atoms with Gasteiger partial charge in [0, 0.05) is 6.54 Å². The molecule has 3 rings (SSSR count). The van der Waals surface area contributed by atoms with Crippen molar-refractivity contribution in [2.75, 3.05) is 33.5 Å².